The topological polar surface area (TPSA) is 66.8 Å². The van der Waals surface area contributed by atoms with Gasteiger partial charge in [-0.3, -0.25) is 0 Å². The van der Waals surface area contributed by atoms with Crippen LogP contribution < -0.4 is 4.74 Å². The van der Waals surface area contributed by atoms with Gasteiger partial charge in [-0.15, -0.1) is 0 Å². The number of methoxy groups -OCH3 is 1. The lowest BCUT2D eigenvalue weighted by atomic mass is 9.85. The van der Waals surface area contributed by atoms with Gasteiger partial charge in [0.05, 0.1) is 17.2 Å². The Morgan fingerprint density at radius 2 is 2.00 bits per heavy atom. The van der Waals surface area contributed by atoms with Crippen molar-refractivity contribution in [1.82, 2.24) is 4.31 Å². The zero-order valence-electron chi connectivity index (χ0n) is 11.9. The normalized spacial score (nSPS) is 18.6. The fourth-order valence-electron chi connectivity index (χ4n) is 2.17. The highest BCUT2D eigenvalue weighted by atomic mass is 79.9. The van der Waals surface area contributed by atoms with E-state index in [4.69, 9.17) is 16.3 Å². The third-order valence-corrected chi connectivity index (χ3v) is 6.38. The van der Waals surface area contributed by atoms with Gasteiger partial charge in [0.2, 0.25) is 10.0 Å². The predicted molar refractivity (Wildman–Crippen MR) is 84.3 cm³/mol. The van der Waals surface area contributed by atoms with Crippen molar-refractivity contribution in [3.8, 4) is 5.75 Å². The standard InChI is InChI=1S/C13H17BrClNO4S/c1-8(2)13(17)6-16(7-13)21(18,19)11-5-9(15)4-10(14)12(11)20-3/h4-5,8,17H,6-7H2,1-3H3. The van der Waals surface area contributed by atoms with E-state index in [1.54, 1.807) is 6.07 Å². The van der Waals surface area contributed by atoms with Crippen molar-refractivity contribution >= 4 is 37.6 Å². The Hall–Kier alpha value is -0.340. The number of β-amino-alcohol motifs (C(OH)–C–C–N with tert-alkyl or cyclic N) is 1. The van der Waals surface area contributed by atoms with Gasteiger partial charge in [-0.05, 0) is 34.0 Å². The van der Waals surface area contributed by atoms with Crippen LogP contribution in [0, 0.1) is 5.92 Å². The largest absolute Gasteiger partial charge is 0.494 e. The first kappa shape index (κ1) is 17.0. The van der Waals surface area contributed by atoms with Crippen LogP contribution in [0.2, 0.25) is 5.02 Å². The van der Waals surface area contributed by atoms with Crippen molar-refractivity contribution in [2.75, 3.05) is 20.2 Å². The SMILES string of the molecule is COc1c(Br)cc(Cl)cc1S(=O)(=O)N1CC(O)(C(C)C)C1. The van der Waals surface area contributed by atoms with E-state index in [9.17, 15) is 13.5 Å². The molecule has 8 heteroatoms. The lowest BCUT2D eigenvalue weighted by Crippen LogP contribution is -2.65. The summed E-state index contributed by atoms with van der Waals surface area (Å²) in [5.74, 6) is 0.191. The maximum absolute atomic E-state index is 12.7. The van der Waals surface area contributed by atoms with Gasteiger partial charge in [0.25, 0.3) is 0 Å². The fraction of sp³-hybridized carbons (Fsp3) is 0.538. The van der Waals surface area contributed by atoms with E-state index in [0.717, 1.165) is 0 Å². The van der Waals surface area contributed by atoms with Gasteiger partial charge in [-0.25, -0.2) is 8.42 Å². The van der Waals surface area contributed by atoms with Crippen LogP contribution in [0.1, 0.15) is 13.8 Å². The third-order valence-electron chi connectivity index (χ3n) is 3.77. The van der Waals surface area contributed by atoms with E-state index in [0.29, 0.717) is 9.50 Å². The molecule has 0 spiro atoms. The number of hydrogen-bond donors (Lipinski definition) is 1. The molecule has 5 nitrogen and oxygen atoms in total. The molecule has 1 aliphatic heterocycles. The molecule has 1 heterocycles. The molecule has 1 saturated heterocycles. The summed E-state index contributed by atoms with van der Waals surface area (Å²) in [5, 5.41) is 10.5. The Morgan fingerprint density at radius 1 is 1.43 bits per heavy atom. The molecule has 0 atom stereocenters. The molecule has 0 amide bonds. The number of rotatable bonds is 4. The zero-order chi connectivity index (χ0) is 16.0. The Balaban J connectivity index is 2.39. The second-order valence-electron chi connectivity index (χ2n) is 5.45. The Bertz CT molecular complexity index is 656. The summed E-state index contributed by atoms with van der Waals surface area (Å²) in [7, 11) is -2.36. The lowest BCUT2D eigenvalue weighted by molar-refractivity contribution is -0.0932. The summed E-state index contributed by atoms with van der Waals surface area (Å²) >= 11 is 9.18. The van der Waals surface area contributed by atoms with Crippen LogP contribution in [0.25, 0.3) is 0 Å². The first-order valence-corrected chi connectivity index (χ1v) is 8.98. The van der Waals surface area contributed by atoms with E-state index in [1.807, 2.05) is 13.8 Å². The molecule has 0 radical (unpaired) electrons. The van der Waals surface area contributed by atoms with E-state index in [2.05, 4.69) is 15.9 Å². The maximum Gasteiger partial charge on any atom is 0.247 e. The van der Waals surface area contributed by atoms with E-state index < -0.39 is 15.6 Å². The van der Waals surface area contributed by atoms with Crippen molar-refractivity contribution in [3.63, 3.8) is 0 Å². The smallest absolute Gasteiger partial charge is 0.247 e. The summed E-state index contributed by atoms with van der Waals surface area (Å²) in [6, 6.07) is 2.92. The Morgan fingerprint density at radius 3 is 2.48 bits per heavy atom. The van der Waals surface area contributed by atoms with Crippen LogP contribution in [0.15, 0.2) is 21.5 Å². The number of hydrogen-bond acceptors (Lipinski definition) is 4. The van der Waals surface area contributed by atoms with Gasteiger partial charge in [-0.1, -0.05) is 25.4 Å². The molecule has 118 valence electrons. The van der Waals surface area contributed by atoms with E-state index in [-0.39, 0.29) is 29.7 Å². The summed E-state index contributed by atoms with van der Waals surface area (Å²) < 4.78 is 32.2. The monoisotopic (exact) mass is 397 g/mol. The highest BCUT2D eigenvalue weighted by Gasteiger charge is 2.49. The van der Waals surface area contributed by atoms with Crippen LogP contribution in [-0.2, 0) is 10.0 Å². The molecule has 1 aromatic rings. The quantitative estimate of drug-likeness (QED) is 0.846. The highest BCUT2D eigenvalue weighted by molar-refractivity contribution is 9.10. The summed E-state index contributed by atoms with van der Waals surface area (Å²) in [4.78, 5) is -0.00446. The minimum atomic E-state index is -3.76. The van der Waals surface area contributed by atoms with E-state index >= 15 is 0 Å². The van der Waals surface area contributed by atoms with Gasteiger partial charge < -0.3 is 9.84 Å². The summed E-state index contributed by atoms with van der Waals surface area (Å²) in [6.07, 6.45) is 0. The van der Waals surface area contributed by atoms with Crippen LogP contribution in [0.5, 0.6) is 5.75 Å². The molecular weight excluding hydrogens is 382 g/mol. The van der Waals surface area contributed by atoms with Gasteiger partial charge in [0, 0.05) is 18.1 Å². The van der Waals surface area contributed by atoms with Crippen molar-refractivity contribution in [2.24, 2.45) is 5.92 Å². The van der Waals surface area contributed by atoms with Crippen LogP contribution in [-0.4, -0.2) is 43.6 Å². The molecule has 1 aliphatic rings. The molecule has 0 aromatic heterocycles. The van der Waals surface area contributed by atoms with Crippen molar-refractivity contribution < 1.29 is 18.3 Å². The summed E-state index contributed by atoms with van der Waals surface area (Å²) in [5.41, 5.74) is -0.976. The minimum absolute atomic E-state index is 0.00446. The molecule has 1 fully saturated rings. The van der Waals surface area contributed by atoms with Gasteiger partial charge >= 0.3 is 0 Å². The first-order chi connectivity index (χ1) is 9.61. The number of aliphatic hydroxyl groups is 1. The predicted octanol–water partition coefficient (Wildman–Crippen LogP) is 2.50. The summed E-state index contributed by atoms with van der Waals surface area (Å²) in [6.45, 7) is 3.86. The van der Waals surface area contributed by atoms with Crippen LogP contribution in [0.3, 0.4) is 0 Å². The molecule has 21 heavy (non-hydrogen) atoms. The molecule has 0 bridgehead atoms. The fourth-order valence-corrected chi connectivity index (χ4v) is 5.10. The average Bonchev–Trinajstić information content (AvgIpc) is 2.33. The van der Waals surface area contributed by atoms with Crippen molar-refractivity contribution in [2.45, 2.75) is 24.3 Å². The third kappa shape index (κ3) is 2.94. The van der Waals surface area contributed by atoms with Crippen LogP contribution in [0.4, 0.5) is 0 Å². The molecule has 1 N–H and O–H groups in total. The Kier molecular flexibility index (Phi) is 4.62. The number of nitrogens with zero attached hydrogens (tertiary/aromatic N) is 1. The molecular formula is C13H17BrClNO4S. The number of benzene rings is 1. The number of sulfonamides is 1. The second kappa shape index (κ2) is 5.70. The van der Waals surface area contributed by atoms with Crippen molar-refractivity contribution in [3.05, 3.63) is 21.6 Å². The molecule has 0 aliphatic carbocycles. The Labute approximate surface area is 138 Å². The molecule has 0 unspecified atom stereocenters. The molecule has 2 rings (SSSR count). The average molecular weight is 399 g/mol. The number of ether oxygens (including phenoxy) is 1. The number of halogens is 2. The van der Waals surface area contributed by atoms with E-state index in [1.165, 1.54) is 17.5 Å². The van der Waals surface area contributed by atoms with Gasteiger partial charge in [-0.2, -0.15) is 4.31 Å². The van der Waals surface area contributed by atoms with Gasteiger partial charge in [0.15, 0.2) is 5.75 Å². The maximum atomic E-state index is 12.7. The zero-order valence-corrected chi connectivity index (χ0v) is 15.1. The molecule has 1 aromatic carbocycles. The van der Waals surface area contributed by atoms with Gasteiger partial charge in [0.1, 0.15) is 4.90 Å². The first-order valence-electron chi connectivity index (χ1n) is 6.37. The molecule has 0 saturated carbocycles. The van der Waals surface area contributed by atoms with Crippen LogP contribution >= 0.6 is 27.5 Å². The lowest BCUT2D eigenvalue weighted by Gasteiger charge is -2.47. The second-order valence-corrected chi connectivity index (χ2v) is 8.65. The minimum Gasteiger partial charge on any atom is -0.494 e. The highest BCUT2D eigenvalue weighted by Crippen LogP contribution is 2.40. The van der Waals surface area contributed by atoms with Crippen molar-refractivity contribution in [1.29, 1.82) is 0 Å².